The molecule has 9 heteroatoms. The zero-order valence-electron chi connectivity index (χ0n) is 15.0. The van der Waals surface area contributed by atoms with Crippen molar-refractivity contribution in [2.45, 2.75) is 43.2 Å². The number of rotatable bonds is 10. The Kier molecular flexibility index (Phi) is 10.1. The summed E-state index contributed by atoms with van der Waals surface area (Å²) in [7, 11) is -1.68. The molecule has 26 heavy (non-hydrogen) atoms. The minimum Gasteiger partial charge on any atom is -0.377 e. The van der Waals surface area contributed by atoms with Crippen molar-refractivity contribution in [3.05, 3.63) is 29.8 Å². The van der Waals surface area contributed by atoms with Crippen LogP contribution in [0.4, 0.5) is 0 Å². The topological polar surface area (TPSA) is 96.5 Å². The van der Waals surface area contributed by atoms with Gasteiger partial charge in [0.2, 0.25) is 15.9 Å². The van der Waals surface area contributed by atoms with E-state index >= 15 is 0 Å². The van der Waals surface area contributed by atoms with E-state index in [1.54, 1.807) is 24.3 Å². The maximum absolute atomic E-state index is 12.3. The lowest BCUT2D eigenvalue weighted by molar-refractivity contribution is -0.121. The average molecular weight is 406 g/mol. The third-order valence-corrected chi connectivity index (χ3v) is 5.52. The van der Waals surface area contributed by atoms with Gasteiger partial charge in [0.1, 0.15) is 0 Å². The predicted molar refractivity (Wildman–Crippen MR) is 103 cm³/mol. The second kappa shape index (κ2) is 11.5. The highest BCUT2D eigenvalue weighted by atomic mass is 35.5. The highest BCUT2D eigenvalue weighted by Crippen LogP contribution is 2.14. The fourth-order valence-corrected chi connectivity index (χ4v) is 3.66. The van der Waals surface area contributed by atoms with Gasteiger partial charge in [0, 0.05) is 26.1 Å². The van der Waals surface area contributed by atoms with Gasteiger partial charge in [-0.2, -0.15) is 0 Å². The standard InChI is InChI=1S/C17H27N3O4S.ClH/c1-18-10-2-5-17(21)19-12-14-6-8-16(9-7-14)25(22,23)20-13-15-4-3-11-24-15;/h6-9,15,18,20H,2-5,10-13H2,1H3,(H,19,21);1H. The molecule has 1 unspecified atom stereocenters. The molecule has 1 saturated heterocycles. The molecule has 1 aromatic rings. The van der Waals surface area contributed by atoms with Gasteiger partial charge in [-0.1, -0.05) is 12.1 Å². The first-order chi connectivity index (χ1) is 12.0. The summed E-state index contributed by atoms with van der Waals surface area (Å²) in [5.74, 6) is -0.00909. The van der Waals surface area contributed by atoms with E-state index in [2.05, 4.69) is 15.4 Å². The van der Waals surface area contributed by atoms with E-state index in [1.807, 2.05) is 7.05 Å². The molecule has 0 radical (unpaired) electrons. The zero-order chi connectivity index (χ0) is 18.1. The molecule has 7 nitrogen and oxygen atoms in total. The molecule has 1 aliphatic heterocycles. The molecule has 1 heterocycles. The number of carbonyl (C=O) groups is 1. The van der Waals surface area contributed by atoms with Crippen LogP contribution in [-0.2, 0) is 26.1 Å². The van der Waals surface area contributed by atoms with Crippen molar-refractivity contribution in [1.82, 2.24) is 15.4 Å². The number of hydrogen-bond acceptors (Lipinski definition) is 5. The Morgan fingerprint density at radius 2 is 2.00 bits per heavy atom. The normalized spacial score (nSPS) is 16.9. The van der Waals surface area contributed by atoms with Crippen molar-refractivity contribution >= 4 is 28.3 Å². The quantitative estimate of drug-likeness (QED) is 0.508. The van der Waals surface area contributed by atoms with Crippen LogP contribution in [0, 0.1) is 0 Å². The van der Waals surface area contributed by atoms with Crippen LogP contribution in [0.25, 0.3) is 0 Å². The first-order valence-corrected chi connectivity index (χ1v) is 10.1. The van der Waals surface area contributed by atoms with Gasteiger partial charge < -0.3 is 15.4 Å². The van der Waals surface area contributed by atoms with Gasteiger partial charge in [-0.3, -0.25) is 4.79 Å². The summed E-state index contributed by atoms with van der Waals surface area (Å²) < 4.78 is 32.6. The van der Waals surface area contributed by atoms with Crippen molar-refractivity contribution in [1.29, 1.82) is 0 Å². The summed E-state index contributed by atoms with van der Waals surface area (Å²) in [6.45, 7) is 2.19. The Bertz CT molecular complexity index is 646. The third kappa shape index (κ3) is 7.59. The summed E-state index contributed by atoms with van der Waals surface area (Å²) in [5, 5.41) is 5.82. The van der Waals surface area contributed by atoms with Crippen molar-refractivity contribution in [3.8, 4) is 0 Å². The summed E-state index contributed by atoms with van der Waals surface area (Å²) in [6.07, 6.45) is 3.08. The van der Waals surface area contributed by atoms with Crippen LogP contribution in [0.15, 0.2) is 29.2 Å². The van der Waals surface area contributed by atoms with Crippen LogP contribution in [0.1, 0.15) is 31.2 Å². The molecular formula is C17H28ClN3O4S. The number of sulfonamides is 1. The molecule has 2 rings (SSSR count). The molecule has 0 spiro atoms. The maximum atomic E-state index is 12.3. The Hall–Kier alpha value is -1.19. The minimum absolute atomic E-state index is 0. The molecule has 3 N–H and O–H groups in total. The monoisotopic (exact) mass is 405 g/mol. The van der Waals surface area contributed by atoms with Crippen molar-refractivity contribution in [3.63, 3.8) is 0 Å². The molecule has 0 saturated carbocycles. The van der Waals surface area contributed by atoms with Gasteiger partial charge >= 0.3 is 0 Å². The van der Waals surface area contributed by atoms with Gasteiger partial charge in [0.05, 0.1) is 11.0 Å². The van der Waals surface area contributed by atoms with Crippen molar-refractivity contribution in [2.75, 3.05) is 26.7 Å². The van der Waals surface area contributed by atoms with E-state index in [1.165, 1.54) is 0 Å². The van der Waals surface area contributed by atoms with Gasteiger partial charge in [0.25, 0.3) is 0 Å². The van der Waals surface area contributed by atoms with Gasteiger partial charge in [-0.05, 0) is 50.6 Å². The fourth-order valence-electron chi connectivity index (χ4n) is 2.59. The largest absolute Gasteiger partial charge is 0.377 e. The molecule has 0 aromatic heterocycles. The minimum atomic E-state index is -3.54. The lowest BCUT2D eigenvalue weighted by Crippen LogP contribution is -2.31. The van der Waals surface area contributed by atoms with Gasteiger partial charge in [-0.25, -0.2) is 13.1 Å². The van der Waals surface area contributed by atoms with Crippen LogP contribution in [0.5, 0.6) is 0 Å². The van der Waals surface area contributed by atoms with Crippen molar-refractivity contribution in [2.24, 2.45) is 0 Å². The molecule has 1 amide bonds. The average Bonchev–Trinajstić information content (AvgIpc) is 3.12. The zero-order valence-corrected chi connectivity index (χ0v) is 16.6. The fraction of sp³-hybridized carbons (Fsp3) is 0.588. The van der Waals surface area contributed by atoms with Crippen LogP contribution in [-0.4, -0.2) is 47.2 Å². The third-order valence-electron chi connectivity index (χ3n) is 4.08. The second-order valence-corrected chi connectivity index (χ2v) is 7.88. The molecule has 148 valence electrons. The lowest BCUT2D eigenvalue weighted by atomic mass is 10.2. The number of benzene rings is 1. The summed E-state index contributed by atoms with van der Waals surface area (Å²) in [5.41, 5.74) is 0.861. The number of carbonyl (C=O) groups excluding carboxylic acids is 1. The first-order valence-electron chi connectivity index (χ1n) is 8.63. The van der Waals surface area contributed by atoms with Crippen molar-refractivity contribution < 1.29 is 17.9 Å². The molecule has 1 atom stereocenters. The Labute approximate surface area is 161 Å². The predicted octanol–water partition coefficient (Wildman–Crippen LogP) is 1.18. The SMILES string of the molecule is CNCCCC(=O)NCc1ccc(S(=O)(=O)NCC2CCCO2)cc1.Cl. The number of halogens is 1. The molecule has 1 fully saturated rings. The van der Waals surface area contributed by atoms with Crippen LogP contribution in [0.3, 0.4) is 0 Å². The van der Waals surface area contributed by atoms with Crippen LogP contribution in [0.2, 0.25) is 0 Å². The second-order valence-electron chi connectivity index (χ2n) is 6.11. The summed E-state index contributed by atoms with van der Waals surface area (Å²) in [6, 6.07) is 6.55. The smallest absolute Gasteiger partial charge is 0.240 e. The Balaban J connectivity index is 0.00000338. The molecule has 1 aliphatic rings. The molecule has 0 aliphatic carbocycles. The number of ether oxygens (including phenoxy) is 1. The van der Waals surface area contributed by atoms with Gasteiger partial charge in [0.15, 0.2) is 0 Å². The van der Waals surface area contributed by atoms with Crippen LogP contribution >= 0.6 is 12.4 Å². The Morgan fingerprint density at radius 3 is 2.62 bits per heavy atom. The lowest BCUT2D eigenvalue weighted by Gasteiger charge is -2.12. The summed E-state index contributed by atoms with van der Waals surface area (Å²) in [4.78, 5) is 11.9. The molecular weight excluding hydrogens is 378 g/mol. The number of nitrogens with one attached hydrogen (secondary N) is 3. The van der Waals surface area contributed by atoms with E-state index in [0.717, 1.165) is 31.4 Å². The maximum Gasteiger partial charge on any atom is 0.240 e. The Morgan fingerprint density at radius 1 is 1.27 bits per heavy atom. The molecule has 1 aromatic carbocycles. The highest BCUT2D eigenvalue weighted by molar-refractivity contribution is 7.89. The van der Waals surface area contributed by atoms with E-state index in [9.17, 15) is 13.2 Å². The molecule has 0 bridgehead atoms. The summed E-state index contributed by atoms with van der Waals surface area (Å²) >= 11 is 0. The van der Waals surface area contributed by atoms with E-state index < -0.39 is 10.0 Å². The van der Waals surface area contributed by atoms with E-state index in [-0.39, 0.29) is 29.3 Å². The van der Waals surface area contributed by atoms with Crippen LogP contribution < -0.4 is 15.4 Å². The van der Waals surface area contributed by atoms with E-state index in [0.29, 0.717) is 26.1 Å². The highest BCUT2D eigenvalue weighted by Gasteiger charge is 2.20. The number of hydrogen-bond donors (Lipinski definition) is 3. The van der Waals surface area contributed by atoms with E-state index in [4.69, 9.17) is 4.74 Å². The first kappa shape index (κ1) is 22.9. The number of amides is 1. The van der Waals surface area contributed by atoms with Gasteiger partial charge in [-0.15, -0.1) is 12.4 Å².